The molecular weight excluding hydrogens is 268 g/mol. The molecule has 2 saturated heterocycles. The average molecular weight is 281 g/mol. The number of rotatable bonds is 1. The van der Waals surface area contributed by atoms with E-state index in [1.807, 2.05) is 0 Å². The van der Waals surface area contributed by atoms with Crippen LogP contribution in [-0.2, 0) is 14.3 Å². The molecule has 1 aromatic carbocycles. The monoisotopic (exact) mass is 281 g/mol. The van der Waals surface area contributed by atoms with E-state index < -0.39 is 29.6 Å². The maximum Gasteiger partial charge on any atom is 0.397 e. The van der Waals surface area contributed by atoms with Gasteiger partial charge < -0.3 is 9.64 Å². The van der Waals surface area contributed by atoms with E-state index in [1.54, 1.807) is 0 Å². The number of piperidine rings is 1. The van der Waals surface area contributed by atoms with Crippen molar-refractivity contribution in [3.8, 4) is 0 Å². The number of benzene rings is 1. The van der Waals surface area contributed by atoms with Crippen LogP contribution < -0.4 is 0 Å². The van der Waals surface area contributed by atoms with Crippen molar-refractivity contribution in [2.24, 2.45) is 0 Å². The smallest absolute Gasteiger partial charge is 0.397 e. The lowest BCUT2D eigenvalue weighted by Crippen LogP contribution is -2.55. The third-order valence-corrected chi connectivity index (χ3v) is 3.89. The van der Waals surface area contributed by atoms with Crippen molar-refractivity contribution in [2.75, 3.05) is 6.61 Å². The van der Waals surface area contributed by atoms with Gasteiger partial charge in [0.05, 0.1) is 12.1 Å². The van der Waals surface area contributed by atoms with Gasteiger partial charge in [0, 0.05) is 0 Å². The minimum atomic E-state index is -0.948. The lowest BCUT2D eigenvalue weighted by atomic mass is 9.90. The molecule has 0 spiro atoms. The molecule has 0 radical (unpaired) electrons. The van der Waals surface area contributed by atoms with Gasteiger partial charge in [0.25, 0.3) is 0 Å². The van der Waals surface area contributed by atoms with Crippen LogP contribution in [0.3, 0.4) is 0 Å². The molecule has 106 valence electrons. The molecule has 2 fully saturated rings. The van der Waals surface area contributed by atoms with Gasteiger partial charge in [-0.1, -0.05) is 6.07 Å². The van der Waals surface area contributed by atoms with E-state index in [1.165, 1.54) is 11.0 Å². The van der Waals surface area contributed by atoms with E-state index in [0.717, 1.165) is 25.0 Å². The van der Waals surface area contributed by atoms with Crippen LogP contribution in [0, 0.1) is 11.6 Å². The van der Waals surface area contributed by atoms with Gasteiger partial charge in [-0.3, -0.25) is 4.79 Å². The molecule has 2 aliphatic rings. The number of fused-ring (bicyclic) bond motifs is 1. The van der Waals surface area contributed by atoms with Gasteiger partial charge in [-0.15, -0.1) is 0 Å². The highest BCUT2D eigenvalue weighted by Crippen LogP contribution is 2.36. The Bertz CT molecular complexity index is 576. The van der Waals surface area contributed by atoms with Crippen molar-refractivity contribution in [2.45, 2.75) is 31.3 Å². The van der Waals surface area contributed by atoms with Crippen molar-refractivity contribution in [1.82, 2.24) is 4.90 Å². The molecule has 0 aliphatic carbocycles. The Hall–Kier alpha value is -1.98. The minimum Gasteiger partial charge on any atom is -0.456 e. The van der Waals surface area contributed by atoms with Crippen LogP contribution in [0.5, 0.6) is 0 Å². The van der Waals surface area contributed by atoms with Gasteiger partial charge in [0.1, 0.15) is 6.61 Å². The third-order valence-electron chi connectivity index (χ3n) is 3.89. The maximum atomic E-state index is 13.4. The zero-order valence-corrected chi connectivity index (χ0v) is 10.6. The van der Waals surface area contributed by atoms with Crippen molar-refractivity contribution in [3.63, 3.8) is 0 Å². The van der Waals surface area contributed by atoms with Gasteiger partial charge in [-0.2, -0.15) is 0 Å². The molecule has 3 rings (SSSR count). The second-order valence-corrected chi connectivity index (χ2v) is 5.08. The topological polar surface area (TPSA) is 46.6 Å². The number of hydrogen-bond acceptors (Lipinski definition) is 3. The molecule has 0 aromatic heterocycles. The Morgan fingerprint density at radius 2 is 1.95 bits per heavy atom. The second kappa shape index (κ2) is 4.85. The highest BCUT2D eigenvalue weighted by Gasteiger charge is 2.42. The number of esters is 1. The first-order valence-electron chi connectivity index (χ1n) is 6.52. The summed E-state index contributed by atoms with van der Waals surface area (Å²) in [5, 5.41) is 0. The standard InChI is InChI=1S/C14H13F2NO3/c15-10-5-4-8(6-11(10)16)12-3-1-2-9-7-20-14(19)13(18)17(9)12/h4-6,9,12H,1-3,7H2. The maximum absolute atomic E-state index is 13.4. The van der Waals surface area contributed by atoms with E-state index in [-0.39, 0.29) is 12.6 Å². The Labute approximate surface area is 114 Å². The van der Waals surface area contributed by atoms with Crippen LogP contribution in [0.2, 0.25) is 0 Å². The molecule has 20 heavy (non-hydrogen) atoms. The fourth-order valence-electron chi connectivity index (χ4n) is 2.94. The van der Waals surface area contributed by atoms with Gasteiger partial charge in [-0.05, 0) is 37.0 Å². The first kappa shape index (κ1) is 13.0. The van der Waals surface area contributed by atoms with Crippen LogP contribution in [0.1, 0.15) is 30.9 Å². The molecular formula is C14H13F2NO3. The molecule has 0 N–H and O–H groups in total. The first-order chi connectivity index (χ1) is 9.58. The van der Waals surface area contributed by atoms with Crippen molar-refractivity contribution >= 4 is 11.9 Å². The molecule has 1 amide bonds. The van der Waals surface area contributed by atoms with Gasteiger partial charge in [0.15, 0.2) is 11.6 Å². The number of amides is 1. The Balaban J connectivity index is 1.96. The predicted octanol–water partition coefficient (Wildman–Crippen LogP) is 1.94. The number of morpholine rings is 1. The average Bonchev–Trinajstić information content (AvgIpc) is 2.45. The van der Waals surface area contributed by atoms with Crippen molar-refractivity contribution in [1.29, 1.82) is 0 Å². The van der Waals surface area contributed by atoms with E-state index in [2.05, 4.69) is 0 Å². The molecule has 0 saturated carbocycles. The Morgan fingerprint density at radius 1 is 1.15 bits per heavy atom. The van der Waals surface area contributed by atoms with Crippen LogP contribution in [-0.4, -0.2) is 29.4 Å². The lowest BCUT2D eigenvalue weighted by molar-refractivity contribution is -0.175. The highest BCUT2D eigenvalue weighted by molar-refractivity contribution is 6.33. The van der Waals surface area contributed by atoms with Gasteiger partial charge in [0.2, 0.25) is 0 Å². The van der Waals surface area contributed by atoms with E-state index in [0.29, 0.717) is 12.0 Å². The molecule has 4 nitrogen and oxygen atoms in total. The number of carbonyl (C=O) groups is 2. The summed E-state index contributed by atoms with van der Waals surface area (Å²) in [6.45, 7) is 0.171. The van der Waals surface area contributed by atoms with Gasteiger partial charge in [-0.25, -0.2) is 13.6 Å². The molecule has 6 heteroatoms. The van der Waals surface area contributed by atoms with Gasteiger partial charge >= 0.3 is 11.9 Å². The minimum absolute atomic E-state index is 0.171. The molecule has 2 heterocycles. The zero-order valence-electron chi connectivity index (χ0n) is 10.6. The first-order valence-corrected chi connectivity index (χ1v) is 6.52. The fourth-order valence-corrected chi connectivity index (χ4v) is 2.94. The van der Waals surface area contributed by atoms with Crippen molar-refractivity contribution in [3.05, 3.63) is 35.4 Å². The van der Waals surface area contributed by atoms with Crippen LogP contribution >= 0.6 is 0 Å². The summed E-state index contributed by atoms with van der Waals surface area (Å²) in [5.41, 5.74) is 0.511. The number of nitrogens with zero attached hydrogens (tertiary/aromatic N) is 1. The van der Waals surface area contributed by atoms with E-state index in [9.17, 15) is 18.4 Å². The Morgan fingerprint density at radius 3 is 2.70 bits per heavy atom. The quantitative estimate of drug-likeness (QED) is 0.584. The molecule has 0 bridgehead atoms. The van der Waals surface area contributed by atoms with E-state index >= 15 is 0 Å². The van der Waals surface area contributed by atoms with Crippen LogP contribution in [0.25, 0.3) is 0 Å². The normalized spacial score (nSPS) is 26.2. The largest absolute Gasteiger partial charge is 0.456 e. The summed E-state index contributed by atoms with van der Waals surface area (Å²) < 4.78 is 31.2. The number of carbonyl (C=O) groups excluding carboxylic acids is 2. The third kappa shape index (κ3) is 2.05. The zero-order chi connectivity index (χ0) is 14.3. The SMILES string of the molecule is O=C1OCC2CCCC(c3ccc(F)c(F)c3)N2C1=O. The molecule has 2 aliphatic heterocycles. The predicted molar refractivity (Wildman–Crippen MR) is 64.5 cm³/mol. The van der Waals surface area contributed by atoms with Crippen LogP contribution in [0.4, 0.5) is 8.78 Å². The summed E-state index contributed by atoms with van der Waals surface area (Å²) in [6, 6.07) is 3.02. The fraction of sp³-hybridized carbons (Fsp3) is 0.429. The molecule has 1 aromatic rings. The van der Waals surface area contributed by atoms with Crippen molar-refractivity contribution < 1.29 is 23.1 Å². The second-order valence-electron chi connectivity index (χ2n) is 5.08. The highest BCUT2D eigenvalue weighted by atomic mass is 19.2. The van der Waals surface area contributed by atoms with Crippen LogP contribution in [0.15, 0.2) is 18.2 Å². The number of ether oxygens (including phenoxy) is 1. The number of halogens is 2. The summed E-state index contributed by atoms with van der Waals surface area (Å²) in [7, 11) is 0. The Kier molecular flexibility index (Phi) is 3.16. The van der Waals surface area contributed by atoms with E-state index in [4.69, 9.17) is 4.74 Å². The summed E-state index contributed by atoms with van der Waals surface area (Å²) >= 11 is 0. The number of hydrogen-bond donors (Lipinski definition) is 0. The summed E-state index contributed by atoms with van der Waals surface area (Å²) in [4.78, 5) is 24.8. The summed E-state index contributed by atoms with van der Waals surface area (Å²) in [6.07, 6.45) is 2.22. The molecule has 2 unspecified atom stereocenters. The summed E-state index contributed by atoms with van der Waals surface area (Å²) in [5.74, 6) is -3.45. The number of cyclic esters (lactones) is 1. The lowest BCUT2D eigenvalue weighted by Gasteiger charge is -2.43. The molecule has 2 atom stereocenters.